The molecule has 1 fully saturated rings. The minimum atomic E-state index is -0.753. The van der Waals surface area contributed by atoms with Crippen LogP contribution in [0.3, 0.4) is 0 Å². The van der Waals surface area contributed by atoms with Crippen LogP contribution in [0.4, 0.5) is 0 Å². The zero-order chi connectivity index (χ0) is 14.0. The third-order valence-corrected chi connectivity index (χ3v) is 4.39. The largest absolute Gasteiger partial charge is 0.488 e. The van der Waals surface area contributed by atoms with E-state index in [-0.39, 0.29) is 0 Å². The molecule has 0 radical (unpaired) electrons. The van der Waals surface area contributed by atoms with E-state index >= 15 is 0 Å². The molecule has 1 saturated carbocycles. The number of hydrogen-bond donors (Lipinski definition) is 1. The number of carboxylic acid groups (broad SMARTS) is 1. The van der Waals surface area contributed by atoms with Gasteiger partial charge < -0.3 is 9.84 Å². The molecule has 0 unspecified atom stereocenters. The summed E-state index contributed by atoms with van der Waals surface area (Å²) in [5.41, 5.74) is 0.987. The fourth-order valence-electron chi connectivity index (χ4n) is 2.32. The highest BCUT2D eigenvalue weighted by molar-refractivity contribution is 9.10. The zero-order valence-electron chi connectivity index (χ0n) is 10.9. The Morgan fingerprint density at radius 3 is 2.68 bits per heavy atom. The second-order valence-electron chi connectivity index (χ2n) is 5.10. The van der Waals surface area contributed by atoms with E-state index in [1.54, 1.807) is 0 Å². The van der Waals surface area contributed by atoms with E-state index in [9.17, 15) is 9.90 Å². The van der Waals surface area contributed by atoms with Crippen LogP contribution in [-0.2, 0) is 10.2 Å². The van der Waals surface area contributed by atoms with E-state index < -0.39 is 11.4 Å². The van der Waals surface area contributed by atoms with Gasteiger partial charge in [-0.1, -0.05) is 25.1 Å². The molecule has 1 aliphatic rings. The van der Waals surface area contributed by atoms with Crippen molar-refractivity contribution in [2.45, 2.75) is 31.6 Å². The smallest absolute Gasteiger partial charge is 0.314 e. The van der Waals surface area contributed by atoms with Crippen LogP contribution >= 0.6 is 15.9 Å². The molecule has 1 aromatic carbocycles. The number of carboxylic acids is 1. The van der Waals surface area contributed by atoms with E-state index in [4.69, 9.17) is 4.74 Å². The summed E-state index contributed by atoms with van der Waals surface area (Å²) in [5, 5.41) is 9.49. The van der Waals surface area contributed by atoms with Crippen LogP contribution in [0.5, 0.6) is 5.75 Å². The number of benzene rings is 1. The van der Waals surface area contributed by atoms with Gasteiger partial charge in [0, 0.05) is 0 Å². The molecule has 0 spiro atoms. The Hall–Kier alpha value is -1.29. The van der Waals surface area contributed by atoms with Gasteiger partial charge in [-0.3, -0.25) is 4.79 Å². The van der Waals surface area contributed by atoms with Crippen molar-refractivity contribution in [2.75, 3.05) is 6.61 Å². The third kappa shape index (κ3) is 2.54. The minimum Gasteiger partial charge on any atom is -0.488 e. The first-order chi connectivity index (χ1) is 8.97. The van der Waals surface area contributed by atoms with E-state index in [1.165, 1.54) is 0 Å². The van der Waals surface area contributed by atoms with Crippen molar-refractivity contribution in [1.29, 1.82) is 0 Å². The van der Waals surface area contributed by atoms with Crippen LogP contribution in [-0.4, -0.2) is 17.7 Å². The maximum absolute atomic E-state index is 11.6. The average Bonchev–Trinajstić information content (AvgIpc) is 2.27. The molecule has 0 bridgehead atoms. The van der Waals surface area contributed by atoms with Crippen molar-refractivity contribution >= 4 is 21.9 Å². The average molecular weight is 325 g/mol. The number of hydrogen-bond acceptors (Lipinski definition) is 2. The molecule has 102 valence electrons. The predicted octanol–water partition coefficient (Wildman–Crippen LogP) is 3.91. The number of halogens is 1. The first kappa shape index (κ1) is 14.1. The van der Waals surface area contributed by atoms with Crippen molar-refractivity contribution < 1.29 is 14.6 Å². The molecule has 0 aromatic heterocycles. The highest BCUT2D eigenvalue weighted by Crippen LogP contribution is 2.48. The maximum atomic E-state index is 11.6. The molecule has 1 aromatic rings. The molecule has 0 saturated heterocycles. The Morgan fingerprint density at radius 1 is 1.53 bits per heavy atom. The summed E-state index contributed by atoms with van der Waals surface area (Å²) in [4.78, 5) is 11.6. The molecular formula is C15H17BrO3. The number of ether oxygens (including phenoxy) is 1. The van der Waals surface area contributed by atoms with Gasteiger partial charge in [0.1, 0.15) is 12.4 Å². The van der Waals surface area contributed by atoms with Gasteiger partial charge in [0.15, 0.2) is 0 Å². The Morgan fingerprint density at radius 2 is 2.21 bits per heavy atom. The van der Waals surface area contributed by atoms with Crippen LogP contribution in [0.2, 0.25) is 0 Å². The van der Waals surface area contributed by atoms with Gasteiger partial charge >= 0.3 is 5.97 Å². The monoisotopic (exact) mass is 324 g/mol. The quantitative estimate of drug-likeness (QED) is 0.835. The van der Waals surface area contributed by atoms with Crippen molar-refractivity contribution in [3.8, 4) is 5.75 Å². The molecule has 1 aliphatic carbocycles. The molecule has 1 N–H and O–H groups in total. The fraction of sp³-hybridized carbons (Fsp3) is 0.400. The fourth-order valence-corrected chi connectivity index (χ4v) is 3.08. The van der Waals surface area contributed by atoms with Gasteiger partial charge in [0.05, 0.1) is 9.89 Å². The minimum absolute atomic E-state index is 0.433. The number of carbonyl (C=O) groups is 1. The SMILES string of the molecule is C=C(C)COc1cccc(C2(C(=O)O)CCC2)c1Br. The van der Waals surface area contributed by atoms with Gasteiger partial charge in [0.2, 0.25) is 0 Å². The van der Waals surface area contributed by atoms with E-state index in [2.05, 4.69) is 22.5 Å². The van der Waals surface area contributed by atoms with Gasteiger partial charge in [-0.05, 0) is 52.9 Å². The van der Waals surface area contributed by atoms with Crippen molar-refractivity contribution in [1.82, 2.24) is 0 Å². The van der Waals surface area contributed by atoms with Crippen LogP contribution < -0.4 is 4.74 Å². The van der Waals surface area contributed by atoms with Gasteiger partial charge in [0.25, 0.3) is 0 Å². The van der Waals surface area contributed by atoms with Crippen LogP contribution in [0, 0.1) is 0 Å². The van der Waals surface area contributed by atoms with Crippen LogP contribution in [0.15, 0.2) is 34.8 Å². The Balaban J connectivity index is 2.34. The second-order valence-corrected chi connectivity index (χ2v) is 5.90. The molecule has 2 rings (SSSR count). The zero-order valence-corrected chi connectivity index (χ0v) is 12.5. The lowest BCUT2D eigenvalue weighted by Gasteiger charge is -2.39. The van der Waals surface area contributed by atoms with E-state index in [0.29, 0.717) is 25.2 Å². The summed E-state index contributed by atoms with van der Waals surface area (Å²) in [5.74, 6) is -0.0791. The Bertz CT molecular complexity index is 518. The normalized spacial score (nSPS) is 16.5. The summed E-state index contributed by atoms with van der Waals surface area (Å²) in [7, 11) is 0. The van der Waals surface area contributed by atoms with Gasteiger partial charge in [-0.25, -0.2) is 0 Å². The van der Waals surface area contributed by atoms with E-state index in [0.717, 1.165) is 22.0 Å². The molecule has 0 heterocycles. The maximum Gasteiger partial charge on any atom is 0.314 e. The van der Waals surface area contributed by atoms with Crippen LogP contribution in [0.1, 0.15) is 31.7 Å². The highest BCUT2D eigenvalue weighted by atomic mass is 79.9. The van der Waals surface area contributed by atoms with Gasteiger partial charge in [-0.2, -0.15) is 0 Å². The topological polar surface area (TPSA) is 46.5 Å². The summed E-state index contributed by atoms with van der Waals surface area (Å²) >= 11 is 3.49. The predicted molar refractivity (Wildman–Crippen MR) is 77.6 cm³/mol. The second kappa shape index (κ2) is 5.37. The highest BCUT2D eigenvalue weighted by Gasteiger charge is 2.47. The first-order valence-electron chi connectivity index (χ1n) is 6.27. The number of aliphatic carboxylic acids is 1. The lowest BCUT2D eigenvalue weighted by molar-refractivity contribution is -0.147. The Labute approximate surface area is 121 Å². The summed E-state index contributed by atoms with van der Waals surface area (Å²) in [6.07, 6.45) is 2.32. The van der Waals surface area contributed by atoms with Crippen LogP contribution in [0.25, 0.3) is 0 Å². The lowest BCUT2D eigenvalue weighted by atomic mass is 9.64. The van der Waals surface area contributed by atoms with Crippen molar-refractivity contribution in [3.05, 3.63) is 40.4 Å². The summed E-state index contributed by atoms with van der Waals surface area (Å²) in [6, 6.07) is 5.55. The molecular weight excluding hydrogens is 308 g/mol. The van der Waals surface area contributed by atoms with Gasteiger partial charge in [-0.15, -0.1) is 0 Å². The molecule has 19 heavy (non-hydrogen) atoms. The summed E-state index contributed by atoms with van der Waals surface area (Å²) in [6.45, 7) is 6.12. The first-order valence-corrected chi connectivity index (χ1v) is 7.06. The molecule has 0 amide bonds. The third-order valence-electron chi connectivity index (χ3n) is 3.57. The standard InChI is InChI=1S/C15H17BrO3/c1-10(2)9-19-12-6-3-5-11(13(12)16)15(14(17)18)7-4-8-15/h3,5-6H,1,4,7-9H2,2H3,(H,17,18). The van der Waals surface area contributed by atoms with Crippen molar-refractivity contribution in [2.24, 2.45) is 0 Å². The molecule has 4 heteroatoms. The Kier molecular flexibility index (Phi) is 3.99. The lowest BCUT2D eigenvalue weighted by Crippen LogP contribution is -2.42. The van der Waals surface area contributed by atoms with Crippen molar-refractivity contribution in [3.63, 3.8) is 0 Å². The van der Waals surface area contributed by atoms with E-state index in [1.807, 2.05) is 25.1 Å². The summed E-state index contributed by atoms with van der Waals surface area (Å²) < 4.78 is 6.39. The molecule has 3 nitrogen and oxygen atoms in total. The molecule has 0 aliphatic heterocycles. The molecule has 0 atom stereocenters. The number of rotatable bonds is 5.